The maximum atomic E-state index is 10.3. The van der Waals surface area contributed by atoms with Gasteiger partial charge in [-0.25, -0.2) is 0 Å². The molecule has 4 heteroatoms. The van der Waals surface area contributed by atoms with Gasteiger partial charge < -0.3 is 10.1 Å². The number of hydrogen-bond acceptors (Lipinski definition) is 4. The van der Waals surface area contributed by atoms with Crippen LogP contribution in [0.4, 0.5) is 0 Å². The Bertz CT molecular complexity index is 114. The van der Waals surface area contributed by atoms with Crippen LogP contribution in [-0.2, 0) is 4.79 Å². The molecule has 1 atom stereocenters. The molecule has 1 unspecified atom stereocenters. The molecule has 0 aromatic rings. The zero-order chi connectivity index (χ0) is 7.40. The first-order chi connectivity index (χ1) is 4.84. The van der Waals surface area contributed by atoms with Gasteiger partial charge in [0.05, 0.1) is 0 Å². The highest BCUT2D eigenvalue weighted by Crippen LogP contribution is 2.01. The third kappa shape index (κ3) is 1.97. The Morgan fingerprint density at radius 3 is 2.60 bits per heavy atom. The Hall–Kier alpha value is -0.0600. The molecule has 1 fully saturated rings. The number of hydrogen-bond donors (Lipinski definition) is 2. The van der Waals surface area contributed by atoms with E-state index in [4.69, 9.17) is 0 Å². The second kappa shape index (κ2) is 3.95. The third-order valence-electron chi connectivity index (χ3n) is 1.65. The molecule has 1 aliphatic heterocycles. The average Bonchev–Trinajstić information content (AvgIpc) is 2.05. The molecular formula is C6H12N2OS. The van der Waals surface area contributed by atoms with Crippen molar-refractivity contribution in [3.05, 3.63) is 0 Å². The van der Waals surface area contributed by atoms with Crippen LogP contribution >= 0.6 is 12.6 Å². The van der Waals surface area contributed by atoms with Crippen molar-refractivity contribution in [1.82, 2.24) is 10.2 Å². The van der Waals surface area contributed by atoms with Crippen LogP contribution in [0.3, 0.4) is 0 Å². The van der Waals surface area contributed by atoms with Gasteiger partial charge in [-0.15, -0.1) is 0 Å². The van der Waals surface area contributed by atoms with E-state index < -0.39 is 0 Å². The predicted molar refractivity (Wildman–Crippen MR) is 43.3 cm³/mol. The quantitative estimate of drug-likeness (QED) is 0.416. The molecule has 0 spiro atoms. The highest BCUT2D eigenvalue weighted by molar-refractivity contribution is 7.81. The molecule has 58 valence electrons. The van der Waals surface area contributed by atoms with Crippen LogP contribution in [0.5, 0.6) is 0 Å². The van der Waals surface area contributed by atoms with Crippen molar-refractivity contribution in [2.24, 2.45) is 0 Å². The first-order valence-corrected chi connectivity index (χ1v) is 3.94. The lowest BCUT2D eigenvalue weighted by Crippen LogP contribution is -2.47. The minimum Gasteiger partial charge on any atom is -0.314 e. The number of nitrogens with one attached hydrogen (secondary N) is 1. The monoisotopic (exact) mass is 160 g/mol. The van der Waals surface area contributed by atoms with E-state index in [1.54, 1.807) is 0 Å². The van der Waals surface area contributed by atoms with E-state index >= 15 is 0 Å². The second-order valence-electron chi connectivity index (χ2n) is 2.34. The molecule has 1 rings (SSSR count). The molecule has 0 bridgehead atoms. The highest BCUT2D eigenvalue weighted by Gasteiger charge is 2.15. The molecule has 1 saturated heterocycles. The van der Waals surface area contributed by atoms with Gasteiger partial charge in [-0.1, -0.05) is 0 Å². The summed E-state index contributed by atoms with van der Waals surface area (Å²) >= 11 is 4.10. The summed E-state index contributed by atoms with van der Waals surface area (Å²) in [5.74, 6) is 0. The van der Waals surface area contributed by atoms with E-state index in [-0.39, 0.29) is 5.37 Å². The van der Waals surface area contributed by atoms with Gasteiger partial charge in [0.25, 0.3) is 0 Å². The van der Waals surface area contributed by atoms with E-state index in [1.165, 1.54) is 0 Å². The van der Waals surface area contributed by atoms with E-state index in [2.05, 4.69) is 17.9 Å². The topological polar surface area (TPSA) is 32.3 Å². The van der Waals surface area contributed by atoms with Gasteiger partial charge in [-0.05, 0) is 0 Å². The van der Waals surface area contributed by atoms with E-state index in [0.717, 1.165) is 32.5 Å². The van der Waals surface area contributed by atoms with Crippen LogP contribution in [0.1, 0.15) is 0 Å². The van der Waals surface area contributed by atoms with Crippen molar-refractivity contribution in [1.29, 1.82) is 0 Å². The van der Waals surface area contributed by atoms with Crippen LogP contribution in [0, 0.1) is 0 Å². The van der Waals surface area contributed by atoms with E-state index in [1.807, 2.05) is 4.90 Å². The van der Waals surface area contributed by atoms with E-state index in [0.29, 0.717) is 0 Å². The van der Waals surface area contributed by atoms with Gasteiger partial charge in [-0.2, -0.15) is 12.6 Å². The standard InChI is InChI=1S/C6H12N2OS/c9-5-6(10)8-3-1-7-2-4-8/h5-7,10H,1-4H2. The zero-order valence-corrected chi connectivity index (χ0v) is 6.68. The normalized spacial score (nSPS) is 24.1. The number of thiol groups is 1. The van der Waals surface area contributed by atoms with Crippen molar-refractivity contribution < 1.29 is 4.79 Å². The Morgan fingerprint density at radius 2 is 2.10 bits per heavy atom. The first-order valence-electron chi connectivity index (χ1n) is 3.42. The fourth-order valence-corrected chi connectivity index (χ4v) is 1.26. The highest BCUT2D eigenvalue weighted by atomic mass is 32.1. The summed E-state index contributed by atoms with van der Waals surface area (Å²) in [6.45, 7) is 3.77. The average molecular weight is 160 g/mol. The number of aldehydes is 1. The van der Waals surface area contributed by atoms with Crippen molar-refractivity contribution >= 4 is 18.9 Å². The van der Waals surface area contributed by atoms with Crippen molar-refractivity contribution in [2.45, 2.75) is 5.37 Å². The van der Waals surface area contributed by atoms with Crippen LogP contribution in [0.25, 0.3) is 0 Å². The lowest BCUT2D eigenvalue weighted by atomic mass is 10.4. The van der Waals surface area contributed by atoms with Crippen molar-refractivity contribution in [3.63, 3.8) is 0 Å². The molecular weight excluding hydrogens is 148 g/mol. The Morgan fingerprint density at radius 1 is 1.50 bits per heavy atom. The fourth-order valence-electron chi connectivity index (χ4n) is 1.03. The maximum Gasteiger partial charge on any atom is 0.147 e. The second-order valence-corrected chi connectivity index (χ2v) is 2.86. The fraction of sp³-hybridized carbons (Fsp3) is 0.833. The van der Waals surface area contributed by atoms with Crippen molar-refractivity contribution in [3.8, 4) is 0 Å². The molecule has 0 aromatic heterocycles. The summed E-state index contributed by atoms with van der Waals surface area (Å²) < 4.78 is 0. The third-order valence-corrected chi connectivity index (χ3v) is 2.10. The molecule has 0 aliphatic carbocycles. The lowest BCUT2D eigenvalue weighted by molar-refractivity contribution is -0.109. The van der Waals surface area contributed by atoms with E-state index in [9.17, 15) is 4.79 Å². The van der Waals surface area contributed by atoms with Crippen LogP contribution in [0.15, 0.2) is 0 Å². The minimum absolute atomic E-state index is 0.206. The molecule has 0 saturated carbocycles. The number of nitrogens with zero attached hydrogens (tertiary/aromatic N) is 1. The number of carbonyl (C=O) groups is 1. The van der Waals surface area contributed by atoms with Gasteiger partial charge in [0.15, 0.2) is 0 Å². The summed E-state index contributed by atoms with van der Waals surface area (Å²) in [6.07, 6.45) is 0.869. The zero-order valence-electron chi connectivity index (χ0n) is 5.79. The molecule has 0 radical (unpaired) electrons. The Kier molecular flexibility index (Phi) is 3.18. The minimum atomic E-state index is -0.206. The molecule has 3 nitrogen and oxygen atoms in total. The molecule has 0 amide bonds. The smallest absolute Gasteiger partial charge is 0.147 e. The molecule has 1 N–H and O–H groups in total. The molecule has 10 heavy (non-hydrogen) atoms. The lowest BCUT2D eigenvalue weighted by Gasteiger charge is -2.28. The molecule has 1 aliphatic rings. The van der Waals surface area contributed by atoms with Gasteiger partial charge in [-0.3, -0.25) is 4.90 Å². The van der Waals surface area contributed by atoms with Crippen LogP contribution < -0.4 is 5.32 Å². The predicted octanol–water partition coefficient (Wildman–Crippen LogP) is -0.654. The maximum absolute atomic E-state index is 10.3. The van der Waals surface area contributed by atoms with Crippen molar-refractivity contribution in [2.75, 3.05) is 26.2 Å². The number of piperazine rings is 1. The Labute approximate surface area is 66.2 Å². The first kappa shape index (κ1) is 8.04. The van der Waals surface area contributed by atoms with Gasteiger partial charge in [0.2, 0.25) is 0 Å². The summed E-state index contributed by atoms with van der Waals surface area (Å²) in [6, 6.07) is 0. The SMILES string of the molecule is O=CC(S)N1CCNCC1. The largest absolute Gasteiger partial charge is 0.314 e. The molecule has 0 aromatic carbocycles. The summed E-state index contributed by atoms with van der Waals surface area (Å²) in [4.78, 5) is 12.3. The van der Waals surface area contributed by atoms with Gasteiger partial charge >= 0.3 is 0 Å². The van der Waals surface area contributed by atoms with Crippen LogP contribution in [-0.4, -0.2) is 42.7 Å². The summed E-state index contributed by atoms with van der Waals surface area (Å²) in [7, 11) is 0. The van der Waals surface area contributed by atoms with Gasteiger partial charge in [0, 0.05) is 26.2 Å². The number of carbonyl (C=O) groups excluding carboxylic acids is 1. The van der Waals surface area contributed by atoms with Crippen LogP contribution in [0.2, 0.25) is 0 Å². The molecule has 1 heterocycles. The Balaban J connectivity index is 2.30. The van der Waals surface area contributed by atoms with Gasteiger partial charge in [0.1, 0.15) is 11.7 Å². The summed E-state index contributed by atoms with van der Waals surface area (Å²) in [5, 5.41) is 3.00. The summed E-state index contributed by atoms with van der Waals surface area (Å²) in [5.41, 5.74) is 0. The number of rotatable bonds is 2.